The predicted octanol–water partition coefficient (Wildman–Crippen LogP) is 4.40. The highest BCUT2D eigenvalue weighted by Crippen LogP contribution is 2.39. The Morgan fingerprint density at radius 2 is 1.66 bits per heavy atom. The van der Waals surface area contributed by atoms with E-state index in [4.69, 9.17) is 0 Å². The lowest BCUT2D eigenvalue weighted by atomic mass is 9.95. The van der Waals surface area contributed by atoms with Crippen molar-refractivity contribution in [3.8, 4) is 0 Å². The van der Waals surface area contributed by atoms with E-state index < -0.39 is 0 Å². The van der Waals surface area contributed by atoms with E-state index in [0.717, 1.165) is 56.9 Å². The summed E-state index contributed by atoms with van der Waals surface area (Å²) in [4.78, 5) is 31.4. The Hall–Kier alpha value is -3.16. The van der Waals surface area contributed by atoms with Gasteiger partial charge in [0, 0.05) is 50.8 Å². The smallest absolute Gasteiger partial charge is 0.259 e. The van der Waals surface area contributed by atoms with E-state index in [-0.39, 0.29) is 11.8 Å². The highest BCUT2D eigenvalue weighted by atomic mass is 79.9. The molecule has 0 unspecified atom stereocenters. The molecule has 0 bridgehead atoms. The summed E-state index contributed by atoms with van der Waals surface area (Å²) in [6.07, 6.45) is 4.79. The number of fused-ring (bicyclic) bond motifs is 2. The van der Waals surface area contributed by atoms with Gasteiger partial charge in [-0.1, -0.05) is 30.3 Å². The number of aromatic nitrogens is 2. The van der Waals surface area contributed by atoms with Gasteiger partial charge in [0.25, 0.3) is 11.8 Å². The summed E-state index contributed by atoms with van der Waals surface area (Å²) < 4.78 is 3.14. The first-order chi connectivity index (χ1) is 15.5. The Bertz CT molecular complexity index is 1410. The van der Waals surface area contributed by atoms with Crippen molar-refractivity contribution >= 4 is 60.7 Å². The third-order valence-corrected chi connectivity index (χ3v) is 6.55. The number of hydrogen-bond donors (Lipinski definition) is 2. The summed E-state index contributed by atoms with van der Waals surface area (Å²) >= 11 is 3.68. The second-order valence-corrected chi connectivity index (χ2v) is 9.16. The van der Waals surface area contributed by atoms with Crippen molar-refractivity contribution in [3.63, 3.8) is 0 Å². The molecule has 4 aromatic rings. The third kappa shape index (κ3) is 3.38. The van der Waals surface area contributed by atoms with Crippen molar-refractivity contribution in [2.24, 2.45) is 0 Å². The lowest BCUT2D eigenvalue weighted by Crippen LogP contribution is -2.22. The van der Waals surface area contributed by atoms with Gasteiger partial charge in [0.15, 0.2) is 0 Å². The maximum absolute atomic E-state index is 13.0. The number of amides is 2. The molecule has 2 N–H and O–H groups in total. The van der Waals surface area contributed by atoms with Crippen LogP contribution in [0, 0.1) is 0 Å². The van der Waals surface area contributed by atoms with Crippen molar-refractivity contribution in [3.05, 3.63) is 70.5 Å². The van der Waals surface area contributed by atoms with E-state index in [1.807, 2.05) is 54.9 Å². The van der Waals surface area contributed by atoms with Crippen molar-refractivity contribution in [1.29, 1.82) is 0 Å². The summed E-state index contributed by atoms with van der Waals surface area (Å²) in [6, 6.07) is 13.8. The van der Waals surface area contributed by atoms with Crippen LogP contribution in [-0.4, -0.2) is 46.9 Å². The van der Waals surface area contributed by atoms with Gasteiger partial charge in [0.1, 0.15) is 0 Å². The Morgan fingerprint density at radius 3 is 2.44 bits per heavy atom. The molecule has 3 heterocycles. The van der Waals surface area contributed by atoms with Crippen LogP contribution >= 0.6 is 15.9 Å². The lowest BCUT2D eigenvalue weighted by molar-refractivity contribution is -0.122. The molecule has 162 valence electrons. The summed E-state index contributed by atoms with van der Waals surface area (Å²) in [5.74, 6) is -0.721. The molecule has 0 atom stereocenters. The van der Waals surface area contributed by atoms with Crippen LogP contribution < -0.4 is 5.32 Å². The van der Waals surface area contributed by atoms with Crippen molar-refractivity contribution < 1.29 is 9.59 Å². The van der Waals surface area contributed by atoms with Crippen LogP contribution in [0.25, 0.3) is 33.0 Å². The minimum Gasteiger partial charge on any atom is -0.361 e. The van der Waals surface area contributed by atoms with Crippen LogP contribution in [0.15, 0.2) is 59.3 Å². The number of benzene rings is 2. The molecule has 0 saturated carbocycles. The number of aromatic amines is 1. The monoisotopic (exact) mass is 490 g/mol. The van der Waals surface area contributed by atoms with E-state index in [9.17, 15) is 9.59 Å². The molecular weight excluding hydrogens is 468 g/mol. The molecule has 2 amide bonds. The standard InChI is InChI=1S/C25H23BrN4O2/c1-29(2)11-6-12-30-14-18(16-8-5-9-19(26)23(16)30)22-21(24(31)28-25(22)32)17-13-27-20-10-4-3-7-15(17)20/h3-5,7-10,13-14,27H,6,11-12H2,1-2H3,(H,28,31,32). The van der Waals surface area contributed by atoms with Gasteiger partial charge < -0.3 is 14.5 Å². The average molecular weight is 491 g/mol. The normalized spacial score (nSPS) is 14.4. The second kappa shape index (κ2) is 8.07. The fourth-order valence-electron chi connectivity index (χ4n) is 4.49. The number of carbonyl (C=O) groups is 2. The number of rotatable bonds is 6. The first kappa shape index (κ1) is 20.7. The van der Waals surface area contributed by atoms with Gasteiger partial charge in [0.05, 0.1) is 16.7 Å². The number of nitrogens with zero attached hydrogens (tertiary/aromatic N) is 2. The molecule has 7 heteroatoms. The highest BCUT2D eigenvalue weighted by Gasteiger charge is 2.35. The maximum atomic E-state index is 13.0. The number of H-pyrrole nitrogens is 1. The van der Waals surface area contributed by atoms with Crippen LogP contribution in [-0.2, 0) is 16.1 Å². The molecule has 0 fully saturated rings. The molecular formula is C25H23BrN4O2. The minimum absolute atomic E-state index is 0.359. The molecule has 0 saturated heterocycles. The van der Waals surface area contributed by atoms with Crippen molar-refractivity contribution in [2.45, 2.75) is 13.0 Å². The van der Waals surface area contributed by atoms with Crippen LogP contribution in [0.1, 0.15) is 17.5 Å². The minimum atomic E-state index is -0.363. The first-order valence-corrected chi connectivity index (χ1v) is 11.3. The van der Waals surface area contributed by atoms with Crippen LogP contribution in [0.5, 0.6) is 0 Å². The molecule has 2 aromatic carbocycles. The Kier molecular flexibility index (Phi) is 5.23. The molecule has 6 nitrogen and oxygen atoms in total. The maximum Gasteiger partial charge on any atom is 0.259 e. The van der Waals surface area contributed by atoms with Crippen LogP contribution in [0.2, 0.25) is 0 Å². The lowest BCUT2D eigenvalue weighted by Gasteiger charge is -2.11. The Balaban J connectivity index is 1.73. The molecule has 2 aromatic heterocycles. The van der Waals surface area contributed by atoms with Gasteiger partial charge in [-0.05, 0) is 55.1 Å². The molecule has 1 aliphatic heterocycles. The van der Waals surface area contributed by atoms with Gasteiger partial charge in [-0.3, -0.25) is 14.9 Å². The molecule has 0 radical (unpaired) electrons. The average Bonchev–Trinajstić information content (AvgIpc) is 3.41. The fourth-order valence-corrected chi connectivity index (χ4v) is 5.09. The summed E-state index contributed by atoms with van der Waals surface area (Å²) in [5, 5.41) is 4.38. The number of halogens is 1. The highest BCUT2D eigenvalue weighted by molar-refractivity contribution is 9.10. The van der Waals surface area contributed by atoms with Gasteiger partial charge >= 0.3 is 0 Å². The zero-order valence-electron chi connectivity index (χ0n) is 17.9. The number of hydrogen-bond acceptors (Lipinski definition) is 3. The summed E-state index contributed by atoms with van der Waals surface area (Å²) in [7, 11) is 4.11. The topological polar surface area (TPSA) is 70.1 Å². The van der Waals surface area contributed by atoms with Gasteiger partial charge in [-0.25, -0.2) is 0 Å². The zero-order valence-corrected chi connectivity index (χ0v) is 19.5. The third-order valence-electron chi connectivity index (χ3n) is 5.91. The Labute approximate surface area is 194 Å². The SMILES string of the molecule is CN(C)CCCn1cc(C2=C(c3c[nH]c4ccccc34)C(=O)NC2=O)c2cccc(Br)c21. The largest absolute Gasteiger partial charge is 0.361 e. The van der Waals surface area contributed by atoms with Crippen LogP contribution in [0.4, 0.5) is 0 Å². The van der Waals surface area contributed by atoms with Gasteiger partial charge in [0.2, 0.25) is 0 Å². The molecule has 0 aliphatic carbocycles. The first-order valence-electron chi connectivity index (χ1n) is 10.5. The molecule has 0 spiro atoms. The van der Waals surface area contributed by atoms with Gasteiger partial charge in [-0.2, -0.15) is 0 Å². The number of imide groups is 1. The summed E-state index contributed by atoms with van der Waals surface area (Å²) in [5.41, 5.74) is 4.31. The predicted molar refractivity (Wildman–Crippen MR) is 131 cm³/mol. The molecule has 1 aliphatic rings. The van der Waals surface area contributed by atoms with Gasteiger partial charge in [-0.15, -0.1) is 0 Å². The number of carbonyl (C=O) groups excluding carboxylic acids is 2. The number of nitrogens with one attached hydrogen (secondary N) is 2. The second-order valence-electron chi connectivity index (χ2n) is 8.31. The van der Waals surface area contributed by atoms with Crippen LogP contribution in [0.3, 0.4) is 0 Å². The van der Waals surface area contributed by atoms with E-state index in [1.54, 1.807) is 0 Å². The van der Waals surface area contributed by atoms with E-state index in [0.29, 0.717) is 11.1 Å². The zero-order chi connectivity index (χ0) is 22.4. The van der Waals surface area contributed by atoms with E-state index >= 15 is 0 Å². The summed E-state index contributed by atoms with van der Waals surface area (Å²) in [6.45, 7) is 1.77. The number of para-hydroxylation sites is 2. The van der Waals surface area contributed by atoms with Crippen molar-refractivity contribution in [2.75, 3.05) is 20.6 Å². The van der Waals surface area contributed by atoms with E-state index in [1.165, 1.54) is 0 Å². The fraction of sp³-hybridized carbons (Fsp3) is 0.200. The Morgan fingerprint density at radius 1 is 0.938 bits per heavy atom. The number of aryl methyl sites for hydroxylation is 1. The molecule has 32 heavy (non-hydrogen) atoms. The quantitative estimate of drug-likeness (QED) is 0.393. The molecule has 5 rings (SSSR count). The van der Waals surface area contributed by atoms with E-state index in [2.05, 4.69) is 49.8 Å². The van der Waals surface area contributed by atoms with Crippen molar-refractivity contribution in [1.82, 2.24) is 19.8 Å².